The van der Waals surface area contributed by atoms with E-state index < -0.39 is 6.23 Å². The average Bonchev–Trinajstić information content (AvgIpc) is 2.83. The number of nitrogens with zero attached hydrogens (tertiary/aromatic N) is 2. The van der Waals surface area contributed by atoms with E-state index >= 15 is 0 Å². The highest BCUT2D eigenvalue weighted by atomic mass is 16.5. The van der Waals surface area contributed by atoms with Crippen molar-refractivity contribution < 1.29 is 23.8 Å². The lowest BCUT2D eigenvalue weighted by molar-refractivity contribution is -0.142. The second kappa shape index (κ2) is 9.93. The molecule has 2 aromatic carbocycles. The van der Waals surface area contributed by atoms with Crippen molar-refractivity contribution >= 4 is 18.0 Å². The van der Waals surface area contributed by atoms with Crippen LogP contribution in [0.2, 0.25) is 0 Å². The molecule has 2 aromatic rings. The summed E-state index contributed by atoms with van der Waals surface area (Å²) < 4.78 is 15.8. The lowest BCUT2D eigenvalue weighted by Crippen LogP contribution is -2.41. The fourth-order valence-electron chi connectivity index (χ4n) is 3.83. The number of hydrogen-bond donors (Lipinski definition) is 1. The fourth-order valence-corrected chi connectivity index (χ4v) is 3.83. The molecule has 0 radical (unpaired) electrons. The zero-order valence-corrected chi connectivity index (χ0v) is 18.0. The molecule has 32 heavy (non-hydrogen) atoms. The van der Waals surface area contributed by atoms with E-state index in [1.54, 1.807) is 30.5 Å². The van der Waals surface area contributed by atoms with Crippen LogP contribution < -0.4 is 10.5 Å². The van der Waals surface area contributed by atoms with Crippen molar-refractivity contribution in [1.82, 2.24) is 5.01 Å². The van der Waals surface area contributed by atoms with E-state index in [9.17, 15) is 9.59 Å². The smallest absolute Gasteiger partial charge is 0.305 e. The number of morpholine rings is 1. The van der Waals surface area contributed by atoms with Crippen LogP contribution >= 0.6 is 0 Å². The molecule has 2 atom stereocenters. The van der Waals surface area contributed by atoms with Gasteiger partial charge in [0.2, 0.25) is 0 Å². The molecule has 168 valence electrons. The van der Waals surface area contributed by atoms with Crippen LogP contribution in [-0.4, -0.2) is 62.6 Å². The summed E-state index contributed by atoms with van der Waals surface area (Å²) in [5, 5.41) is 6.43. The summed E-state index contributed by atoms with van der Waals surface area (Å²) in [5.74, 6) is 0.0287. The van der Waals surface area contributed by atoms with Gasteiger partial charge < -0.3 is 14.2 Å². The number of ketones is 1. The molecule has 8 nitrogen and oxygen atoms in total. The van der Waals surface area contributed by atoms with Gasteiger partial charge >= 0.3 is 5.97 Å². The predicted octanol–water partition coefficient (Wildman–Crippen LogP) is 1.98. The number of hydrazone groups is 1. The van der Waals surface area contributed by atoms with Gasteiger partial charge in [0.1, 0.15) is 5.75 Å². The summed E-state index contributed by atoms with van der Waals surface area (Å²) in [5.41, 5.74) is 8.99. The number of nitrogens with two attached hydrogens (primary N) is 1. The Balaban J connectivity index is 1.45. The maximum Gasteiger partial charge on any atom is 0.305 e. The van der Waals surface area contributed by atoms with E-state index in [2.05, 4.69) is 5.10 Å². The molecule has 0 aromatic heterocycles. The third kappa shape index (κ3) is 5.15. The Morgan fingerprint density at radius 1 is 1.16 bits per heavy atom. The predicted molar refractivity (Wildman–Crippen MR) is 119 cm³/mol. The van der Waals surface area contributed by atoms with Gasteiger partial charge in [-0.3, -0.25) is 20.3 Å². The summed E-state index contributed by atoms with van der Waals surface area (Å²) in [6, 6.07) is 12.7. The van der Waals surface area contributed by atoms with Crippen molar-refractivity contribution in [3.8, 4) is 5.75 Å². The Kier molecular flexibility index (Phi) is 6.82. The van der Waals surface area contributed by atoms with Gasteiger partial charge in [-0.25, -0.2) is 0 Å². The largest absolute Gasteiger partial charge is 0.475 e. The van der Waals surface area contributed by atoms with Crippen molar-refractivity contribution in [2.45, 2.75) is 19.1 Å². The van der Waals surface area contributed by atoms with Crippen LogP contribution in [0.3, 0.4) is 0 Å². The number of methoxy groups -OCH3 is 1. The maximum atomic E-state index is 13.0. The molecule has 8 heteroatoms. The molecule has 2 aliphatic rings. The second-order valence-corrected chi connectivity index (χ2v) is 7.91. The van der Waals surface area contributed by atoms with E-state index in [-0.39, 0.29) is 24.1 Å². The molecule has 2 aliphatic heterocycles. The number of ether oxygens (including phenoxy) is 3. The molecular formula is C24H27N3O5. The summed E-state index contributed by atoms with van der Waals surface area (Å²) in [7, 11) is 1.35. The molecule has 0 aliphatic carbocycles. The molecule has 0 saturated carbocycles. The quantitative estimate of drug-likeness (QED) is 0.419. The number of benzene rings is 2. The third-order valence-electron chi connectivity index (χ3n) is 5.72. The number of esters is 1. The normalized spacial score (nSPS) is 20.5. The number of carbonyl (C=O) groups excluding carboxylic acids is 2. The minimum absolute atomic E-state index is 0.0798. The first-order valence-corrected chi connectivity index (χ1v) is 10.7. The average molecular weight is 437 g/mol. The molecule has 1 fully saturated rings. The minimum Gasteiger partial charge on any atom is -0.475 e. The lowest BCUT2D eigenvalue weighted by Gasteiger charge is -2.30. The van der Waals surface area contributed by atoms with Crippen LogP contribution in [0.5, 0.6) is 5.75 Å². The van der Waals surface area contributed by atoms with E-state index in [0.717, 1.165) is 24.2 Å². The van der Waals surface area contributed by atoms with Gasteiger partial charge in [0.25, 0.3) is 0 Å². The molecular weight excluding hydrogens is 410 g/mol. The van der Waals surface area contributed by atoms with Gasteiger partial charge in [0, 0.05) is 17.0 Å². The van der Waals surface area contributed by atoms with Crippen LogP contribution in [0.25, 0.3) is 0 Å². The van der Waals surface area contributed by atoms with Crippen molar-refractivity contribution in [2.24, 2.45) is 16.8 Å². The Morgan fingerprint density at radius 3 is 2.59 bits per heavy atom. The minimum atomic E-state index is -0.588. The molecule has 2 heterocycles. The first kappa shape index (κ1) is 22.0. The Bertz CT molecular complexity index is 999. The Morgan fingerprint density at radius 2 is 1.88 bits per heavy atom. The molecule has 1 saturated heterocycles. The van der Waals surface area contributed by atoms with Gasteiger partial charge in [-0.2, -0.15) is 5.10 Å². The summed E-state index contributed by atoms with van der Waals surface area (Å²) in [6.07, 6.45) is 1.92. The molecule has 2 N–H and O–H groups in total. The fraction of sp³-hybridized carbons (Fsp3) is 0.375. The first-order chi connectivity index (χ1) is 15.5. The van der Waals surface area contributed by atoms with Gasteiger partial charge in [-0.05, 0) is 35.7 Å². The molecule has 0 amide bonds. The summed E-state index contributed by atoms with van der Waals surface area (Å²) >= 11 is 0. The van der Waals surface area contributed by atoms with Crippen LogP contribution in [0, 0.1) is 5.92 Å². The van der Waals surface area contributed by atoms with Crippen molar-refractivity contribution in [3.63, 3.8) is 0 Å². The number of hydrogen-bond acceptors (Lipinski definition) is 8. The van der Waals surface area contributed by atoms with E-state index in [1.165, 1.54) is 7.11 Å². The molecule has 0 spiro atoms. The zero-order valence-electron chi connectivity index (χ0n) is 18.0. The Labute approximate surface area is 186 Å². The zero-order chi connectivity index (χ0) is 22.5. The van der Waals surface area contributed by atoms with Gasteiger partial charge in [0.05, 0.1) is 46.0 Å². The van der Waals surface area contributed by atoms with E-state index in [4.69, 9.17) is 19.9 Å². The highest BCUT2D eigenvalue weighted by Gasteiger charge is 2.30. The summed E-state index contributed by atoms with van der Waals surface area (Å²) in [4.78, 5) is 24.7. The topological polar surface area (TPSA) is 103 Å². The highest BCUT2D eigenvalue weighted by molar-refractivity contribution is 6.09. The van der Waals surface area contributed by atoms with Crippen LogP contribution in [0.4, 0.5) is 0 Å². The monoisotopic (exact) mass is 437 g/mol. The standard InChI is InChI=1S/C24H27N3O5/c1-30-22(28)14-20-13-19-12-18(6-7-21(19)32-24(20)25)23(29)17-4-2-16(3-5-17)15-26-27-8-10-31-11-9-27/h2-7,12,15,20,24H,8-11,13-14,25H2,1H3. The second-order valence-electron chi connectivity index (χ2n) is 7.91. The van der Waals surface area contributed by atoms with Crippen LogP contribution in [-0.2, 0) is 20.7 Å². The number of carbonyl (C=O) groups is 2. The lowest BCUT2D eigenvalue weighted by atomic mass is 9.90. The van der Waals surface area contributed by atoms with Gasteiger partial charge in [-0.1, -0.05) is 24.3 Å². The number of fused-ring (bicyclic) bond motifs is 1. The van der Waals surface area contributed by atoms with Crippen molar-refractivity contribution in [1.29, 1.82) is 0 Å². The van der Waals surface area contributed by atoms with Crippen LogP contribution in [0.15, 0.2) is 47.6 Å². The van der Waals surface area contributed by atoms with E-state index in [1.807, 2.05) is 23.2 Å². The first-order valence-electron chi connectivity index (χ1n) is 10.7. The van der Waals surface area contributed by atoms with Gasteiger partial charge in [0.15, 0.2) is 12.0 Å². The molecule has 4 rings (SSSR count). The van der Waals surface area contributed by atoms with Crippen LogP contribution in [0.1, 0.15) is 33.5 Å². The SMILES string of the molecule is COC(=O)CC1Cc2cc(C(=O)c3ccc(C=NN4CCOCC4)cc3)ccc2OC1N. The number of rotatable bonds is 6. The molecule has 2 unspecified atom stereocenters. The van der Waals surface area contributed by atoms with E-state index in [0.29, 0.717) is 36.5 Å². The Hall–Kier alpha value is -3.23. The maximum absolute atomic E-state index is 13.0. The van der Waals surface area contributed by atoms with Gasteiger partial charge in [-0.15, -0.1) is 0 Å². The summed E-state index contributed by atoms with van der Waals surface area (Å²) in [6.45, 7) is 2.93. The van der Waals surface area contributed by atoms with Crippen molar-refractivity contribution in [3.05, 3.63) is 64.7 Å². The highest BCUT2D eigenvalue weighted by Crippen LogP contribution is 2.32. The van der Waals surface area contributed by atoms with Crippen molar-refractivity contribution in [2.75, 3.05) is 33.4 Å². The molecule has 0 bridgehead atoms. The third-order valence-corrected chi connectivity index (χ3v) is 5.72.